The maximum Gasteiger partial charge on any atom is 0.252 e. The Balaban J connectivity index is 1.88. The molecule has 6 nitrogen and oxygen atoms in total. The Morgan fingerprint density at radius 3 is 2.60 bits per heavy atom. The molecular formula is C18H16N2O4S. The molecule has 2 aromatic carbocycles. The van der Waals surface area contributed by atoms with E-state index >= 15 is 0 Å². The van der Waals surface area contributed by atoms with Crippen LogP contribution in [0.1, 0.15) is 22.8 Å². The Labute approximate surface area is 144 Å². The summed E-state index contributed by atoms with van der Waals surface area (Å²) in [6, 6.07) is 14.7. The highest BCUT2D eigenvalue weighted by Crippen LogP contribution is 2.14. The van der Waals surface area contributed by atoms with Crippen molar-refractivity contribution >= 4 is 26.7 Å². The van der Waals surface area contributed by atoms with Crippen molar-refractivity contribution in [3.05, 3.63) is 76.1 Å². The average molecular weight is 356 g/mol. The van der Waals surface area contributed by atoms with Crippen LogP contribution in [0, 0.1) is 0 Å². The van der Waals surface area contributed by atoms with Gasteiger partial charge in [-0.1, -0.05) is 30.3 Å². The molecule has 0 fully saturated rings. The first kappa shape index (κ1) is 17.1. The maximum atomic E-state index is 12.4. The third-order valence-electron chi connectivity index (χ3n) is 3.83. The summed E-state index contributed by atoms with van der Waals surface area (Å²) in [5.41, 5.74) is 0.962. The highest BCUT2D eigenvalue weighted by Gasteiger charge is 2.16. The van der Waals surface area contributed by atoms with Gasteiger partial charge in [0.15, 0.2) is 5.78 Å². The van der Waals surface area contributed by atoms with E-state index in [-0.39, 0.29) is 22.8 Å². The standard InChI is InChI=1S/C18H16N2O4S/c1-12(21)13-6-4-7-16(10-13)25(23,24)19-11-15-9-14-5-2-3-8-17(14)20-18(15)22/h2-10,19H,11H2,1H3,(H,20,22). The summed E-state index contributed by atoms with van der Waals surface area (Å²) in [6.07, 6.45) is 0. The number of fused-ring (bicyclic) bond motifs is 1. The largest absolute Gasteiger partial charge is 0.322 e. The fraction of sp³-hybridized carbons (Fsp3) is 0.111. The number of sulfonamides is 1. The van der Waals surface area contributed by atoms with Gasteiger partial charge < -0.3 is 4.98 Å². The van der Waals surface area contributed by atoms with Gasteiger partial charge in [0.1, 0.15) is 0 Å². The molecule has 0 aliphatic heterocycles. The van der Waals surface area contributed by atoms with Gasteiger partial charge in [-0.25, -0.2) is 13.1 Å². The van der Waals surface area contributed by atoms with Crippen LogP contribution in [0.3, 0.4) is 0 Å². The minimum atomic E-state index is -3.84. The molecule has 2 N–H and O–H groups in total. The van der Waals surface area contributed by atoms with Crippen molar-refractivity contribution in [2.24, 2.45) is 0 Å². The number of benzene rings is 2. The molecule has 0 spiro atoms. The predicted octanol–water partition coefficient (Wildman–Crippen LogP) is 2.21. The fourth-order valence-electron chi connectivity index (χ4n) is 2.46. The number of hydrogen-bond donors (Lipinski definition) is 2. The van der Waals surface area contributed by atoms with Gasteiger partial charge in [-0.15, -0.1) is 0 Å². The Bertz CT molecular complexity index is 1120. The average Bonchev–Trinajstić information content (AvgIpc) is 2.60. The Morgan fingerprint density at radius 1 is 1.08 bits per heavy atom. The van der Waals surface area contributed by atoms with E-state index in [0.717, 1.165) is 5.39 Å². The van der Waals surface area contributed by atoms with E-state index in [9.17, 15) is 18.0 Å². The number of carbonyl (C=O) groups excluding carboxylic acids is 1. The van der Waals surface area contributed by atoms with Gasteiger partial charge >= 0.3 is 0 Å². The van der Waals surface area contributed by atoms with Gasteiger partial charge in [0, 0.05) is 23.2 Å². The Kier molecular flexibility index (Phi) is 4.52. The molecule has 0 aliphatic carbocycles. The van der Waals surface area contributed by atoms with Crippen LogP contribution in [0.25, 0.3) is 10.9 Å². The molecule has 3 aromatic rings. The number of H-pyrrole nitrogens is 1. The quantitative estimate of drug-likeness (QED) is 0.685. The first-order valence-corrected chi connectivity index (χ1v) is 9.07. The van der Waals surface area contributed by atoms with Crippen molar-refractivity contribution in [2.75, 3.05) is 0 Å². The number of aromatic amines is 1. The van der Waals surface area contributed by atoms with Crippen LogP contribution < -0.4 is 10.3 Å². The number of carbonyl (C=O) groups is 1. The van der Waals surface area contributed by atoms with E-state index in [1.165, 1.54) is 25.1 Å². The summed E-state index contributed by atoms with van der Waals surface area (Å²) in [5.74, 6) is -0.219. The van der Waals surface area contributed by atoms with Crippen LogP contribution in [0.4, 0.5) is 0 Å². The van der Waals surface area contributed by atoms with Crippen LogP contribution in [0.15, 0.2) is 64.3 Å². The Hall–Kier alpha value is -2.77. The van der Waals surface area contributed by atoms with E-state index in [0.29, 0.717) is 16.6 Å². The van der Waals surface area contributed by atoms with E-state index in [4.69, 9.17) is 0 Å². The molecule has 0 saturated heterocycles. The molecular weight excluding hydrogens is 340 g/mol. The Morgan fingerprint density at radius 2 is 1.84 bits per heavy atom. The molecule has 0 amide bonds. The monoisotopic (exact) mass is 356 g/mol. The normalized spacial score (nSPS) is 11.6. The zero-order chi connectivity index (χ0) is 18.0. The zero-order valence-electron chi connectivity index (χ0n) is 13.4. The van der Waals surface area contributed by atoms with Gasteiger partial charge in [-0.3, -0.25) is 9.59 Å². The molecule has 128 valence electrons. The molecule has 0 bridgehead atoms. The van der Waals surface area contributed by atoms with E-state index in [1.54, 1.807) is 18.2 Å². The molecule has 0 saturated carbocycles. The van der Waals surface area contributed by atoms with Crippen LogP contribution in [0.5, 0.6) is 0 Å². The summed E-state index contributed by atoms with van der Waals surface area (Å²) in [6.45, 7) is 1.22. The third kappa shape index (κ3) is 3.67. The lowest BCUT2D eigenvalue weighted by Crippen LogP contribution is -2.27. The minimum absolute atomic E-state index is 0.0163. The summed E-state index contributed by atoms with van der Waals surface area (Å²) >= 11 is 0. The van der Waals surface area contributed by atoms with Gasteiger partial charge in [0.05, 0.1) is 4.90 Å². The van der Waals surface area contributed by atoms with E-state index in [1.807, 2.05) is 18.2 Å². The lowest BCUT2D eigenvalue weighted by atomic mass is 10.1. The molecule has 25 heavy (non-hydrogen) atoms. The fourth-order valence-corrected chi connectivity index (χ4v) is 3.51. The lowest BCUT2D eigenvalue weighted by Gasteiger charge is -2.08. The zero-order valence-corrected chi connectivity index (χ0v) is 14.3. The third-order valence-corrected chi connectivity index (χ3v) is 5.23. The van der Waals surface area contributed by atoms with Crippen molar-refractivity contribution in [2.45, 2.75) is 18.4 Å². The predicted molar refractivity (Wildman–Crippen MR) is 95.0 cm³/mol. The number of ketones is 1. The molecule has 1 heterocycles. The first-order valence-electron chi connectivity index (χ1n) is 7.58. The van der Waals surface area contributed by atoms with Crippen molar-refractivity contribution < 1.29 is 13.2 Å². The number of hydrogen-bond acceptors (Lipinski definition) is 4. The van der Waals surface area contributed by atoms with E-state index in [2.05, 4.69) is 9.71 Å². The molecule has 0 radical (unpaired) electrons. The number of Topliss-reactive ketones (excluding diaryl/α,β-unsaturated/α-hetero) is 1. The molecule has 0 aliphatic rings. The molecule has 0 atom stereocenters. The number of nitrogens with one attached hydrogen (secondary N) is 2. The number of para-hydroxylation sites is 1. The van der Waals surface area contributed by atoms with Crippen molar-refractivity contribution in [3.8, 4) is 0 Å². The topological polar surface area (TPSA) is 96.1 Å². The second-order valence-corrected chi connectivity index (χ2v) is 7.39. The summed E-state index contributed by atoms with van der Waals surface area (Å²) in [7, 11) is -3.84. The highest BCUT2D eigenvalue weighted by molar-refractivity contribution is 7.89. The molecule has 3 rings (SSSR count). The summed E-state index contributed by atoms with van der Waals surface area (Å²) in [4.78, 5) is 26.2. The van der Waals surface area contributed by atoms with Crippen molar-refractivity contribution in [1.82, 2.24) is 9.71 Å². The van der Waals surface area contributed by atoms with Crippen LogP contribution >= 0.6 is 0 Å². The van der Waals surface area contributed by atoms with E-state index < -0.39 is 10.0 Å². The minimum Gasteiger partial charge on any atom is -0.322 e. The summed E-state index contributed by atoms with van der Waals surface area (Å²) in [5, 5.41) is 0.815. The molecule has 7 heteroatoms. The SMILES string of the molecule is CC(=O)c1cccc(S(=O)(=O)NCc2cc3ccccc3[nH]c2=O)c1. The number of rotatable bonds is 5. The van der Waals surface area contributed by atoms with Crippen LogP contribution in [-0.4, -0.2) is 19.2 Å². The summed E-state index contributed by atoms with van der Waals surface area (Å²) < 4.78 is 27.2. The smallest absolute Gasteiger partial charge is 0.252 e. The molecule has 0 unspecified atom stereocenters. The van der Waals surface area contributed by atoms with Gasteiger partial charge in [-0.2, -0.15) is 0 Å². The second kappa shape index (κ2) is 6.62. The van der Waals surface area contributed by atoms with Crippen molar-refractivity contribution in [3.63, 3.8) is 0 Å². The maximum absolute atomic E-state index is 12.4. The second-order valence-electron chi connectivity index (χ2n) is 5.62. The lowest BCUT2D eigenvalue weighted by molar-refractivity contribution is 0.101. The van der Waals surface area contributed by atoms with Crippen molar-refractivity contribution in [1.29, 1.82) is 0 Å². The van der Waals surface area contributed by atoms with Gasteiger partial charge in [0.2, 0.25) is 10.0 Å². The molecule has 1 aromatic heterocycles. The van der Waals surface area contributed by atoms with Crippen LogP contribution in [-0.2, 0) is 16.6 Å². The first-order chi connectivity index (χ1) is 11.9. The number of aromatic nitrogens is 1. The van der Waals surface area contributed by atoms with Gasteiger partial charge in [0.25, 0.3) is 5.56 Å². The van der Waals surface area contributed by atoms with Crippen LogP contribution in [0.2, 0.25) is 0 Å². The van der Waals surface area contributed by atoms with Gasteiger partial charge in [-0.05, 0) is 36.6 Å². The number of pyridine rings is 1. The highest BCUT2D eigenvalue weighted by atomic mass is 32.2.